The molecule has 0 bridgehead atoms. The van der Waals surface area contributed by atoms with Crippen molar-refractivity contribution in [1.29, 1.82) is 0 Å². The number of hydrogen-bond acceptors (Lipinski definition) is 5. The maximum Gasteiger partial charge on any atom is 0.269 e. The van der Waals surface area contributed by atoms with Crippen molar-refractivity contribution >= 4 is 17.8 Å². The smallest absolute Gasteiger partial charge is 0.269 e. The largest absolute Gasteiger partial charge is 0.299 e. The normalized spacial score (nSPS) is 15.6. The van der Waals surface area contributed by atoms with Gasteiger partial charge in [0.05, 0.1) is 11.1 Å². The Morgan fingerprint density at radius 3 is 2.43 bits per heavy atom. The number of aryl methyl sites for hydroxylation is 1. The van der Waals surface area contributed by atoms with Crippen LogP contribution < -0.4 is 5.43 Å². The molecule has 7 nitrogen and oxygen atoms in total. The highest BCUT2D eigenvalue weighted by molar-refractivity contribution is 5.83. The van der Waals surface area contributed by atoms with E-state index in [4.69, 9.17) is 0 Å². The first kappa shape index (κ1) is 19.7. The maximum atomic E-state index is 12.3. The van der Waals surface area contributed by atoms with Gasteiger partial charge in [-0.15, -0.1) is 0 Å². The fourth-order valence-electron chi connectivity index (χ4n) is 3.25. The number of nitro benzene ring substituents is 1. The number of amides is 1. The Bertz CT molecular complexity index is 839. The number of likely N-dealkylation sites (tertiary alicyclic amines) is 1. The van der Waals surface area contributed by atoms with E-state index in [1.165, 1.54) is 17.7 Å². The highest BCUT2D eigenvalue weighted by Gasteiger charge is 2.24. The fourth-order valence-corrected chi connectivity index (χ4v) is 3.25. The van der Waals surface area contributed by atoms with E-state index in [2.05, 4.69) is 15.4 Å². The van der Waals surface area contributed by atoms with Gasteiger partial charge in [-0.2, -0.15) is 5.10 Å². The number of benzene rings is 2. The summed E-state index contributed by atoms with van der Waals surface area (Å²) in [6, 6.07) is 14.6. The Balaban J connectivity index is 1.43. The highest BCUT2D eigenvalue weighted by atomic mass is 16.6. The van der Waals surface area contributed by atoms with Crippen LogP contribution in [0.4, 0.5) is 5.69 Å². The predicted octanol–water partition coefficient (Wildman–Crippen LogP) is 3.27. The zero-order chi connectivity index (χ0) is 19.9. The maximum absolute atomic E-state index is 12.3. The van der Waals surface area contributed by atoms with E-state index >= 15 is 0 Å². The number of non-ortho nitro benzene ring substituents is 1. The van der Waals surface area contributed by atoms with E-state index in [1.54, 1.807) is 18.3 Å². The summed E-state index contributed by atoms with van der Waals surface area (Å²) in [5.41, 5.74) is 5.92. The van der Waals surface area contributed by atoms with Crippen molar-refractivity contribution < 1.29 is 9.72 Å². The highest BCUT2D eigenvalue weighted by Crippen LogP contribution is 2.20. The lowest BCUT2D eigenvalue weighted by atomic mass is 9.96. The number of carbonyl (C=O) groups excluding carboxylic acids is 1. The van der Waals surface area contributed by atoms with Gasteiger partial charge in [0.25, 0.3) is 5.69 Å². The van der Waals surface area contributed by atoms with Crippen LogP contribution in [0.25, 0.3) is 0 Å². The summed E-state index contributed by atoms with van der Waals surface area (Å²) < 4.78 is 0. The van der Waals surface area contributed by atoms with Crippen molar-refractivity contribution in [2.75, 3.05) is 13.1 Å². The van der Waals surface area contributed by atoms with Gasteiger partial charge in [0, 0.05) is 24.6 Å². The number of nitrogens with zero attached hydrogens (tertiary/aromatic N) is 3. The first-order valence-electron chi connectivity index (χ1n) is 9.36. The molecule has 146 valence electrons. The van der Waals surface area contributed by atoms with Crippen molar-refractivity contribution in [2.45, 2.75) is 26.3 Å². The first-order chi connectivity index (χ1) is 13.5. The minimum atomic E-state index is -0.394. The second-order valence-electron chi connectivity index (χ2n) is 7.12. The fraction of sp³-hybridized carbons (Fsp3) is 0.333. The number of rotatable bonds is 6. The molecular formula is C21H24N4O3. The number of nitrogens with one attached hydrogen (secondary N) is 1. The number of nitro groups is 1. The molecule has 3 rings (SSSR count). The SMILES string of the molecule is Cc1ccc(/C=N\NC(=O)C2CCN(Cc3ccc([N+](=O)[O-])cc3)CC2)cc1. The van der Waals surface area contributed by atoms with E-state index in [-0.39, 0.29) is 17.5 Å². The Labute approximate surface area is 164 Å². The Hall–Kier alpha value is -3.06. The Kier molecular flexibility index (Phi) is 6.49. The van der Waals surface area contributed by atoms with Crippen molar-refractivity contribution in [3.8, 4) is 0 Å². The summed E-state index contributed by atoms with van der Waals surface area (Å²) in [6.45, 7) is 4.39. The lowest BCUT2D eigenvalue weighted by molar-refractivity contribution is -0.384. The van der Waals surface area contributed by atoms with Gasteiger partial charge in [-0.25, -0.2) is 5.43 Å². The van der Waals surface area contributed by atoms with Gasteiger partial charge < -0.3 is 0 Å². The summed E-state index contributed by atoms with van der Waals surface area (Å²) in [6.07, 6.45) is 3.21. The Morgan fingerprint density at radius 1 is 1.18 bits per heavy atom. The van der Waals surface area contributed by atoms with Crippen LogP contribution >= 0.6 is 0 Å². The van der Waals surface area contributed by atoms with Crippen LogP contribution in [0.1, 0.15) is 29.5 Å². The van der Waals surface area contributed by atoms with Crippen molar-refractivity contribution in [2.24, 2.45) is 11.0 Å². The summed E-state index contributed by atoms with van der Waals surface area (Å²) in [5.74, 6) is -0.0818. The van der Waals surface area contributed by atoms with Crippen LogP contribution in [-0.4, -0.2) is 35.0 Å². The first-order valence-corrected chi connectivity index (χ1v) is 9.36. The van der Waals surface area contributed by atoms with Gasteiger partial charge >= 0.3 is 0 Å². The monoisotopic (exact) mass is 380 g/mol. The standard InChI is InChI=1S/C21H24N4O3/c1-16-2-4-17(5-3-16)14-22-23-21(26)19-10-12-24(13-11-19)15-18-6-8-20(9-7-18)25(27)28/h2-9,14,19H,10-13,15H2,1H3,(H,23,26)/b22-14-. The second kappa shape index (κ2) is 9.23. The third-order valence-electron chi connectivity index (χ3n) is 4.98. The van der Waals surface area contributed by atoms with Gasteiger partial charge in [0.1, 0.15) is 0 Å². The van der Waals surface area contributed by atoms with Crippen molar-refractivity contribution in [3.63, 3.8) is 0 Å². The van der Waals surface area contributed by atoms with E-state index in [9.17, 15) is 14.9 Å². The zero-order valence-corrected chi connectivity index (χ0v) is 15.9. The zero-order valence-electron chi connectivity index (χ0n) is 15.9. The molecule has 1 saturated heterocycles. The van der Waals surface area contributed by atoms with Crippen LogP contribution in [0.5, 0.6) is 0 Å². The molecule has 0 aromatic heterocycles. The molecule has 0 aliphatic carbocycles. The molecule has 0 unspecified atom stereocenters. The van der Waals surface area contributed by atoms with Gasteiger partial charge in [0.2, 0.25) is 5.91 Å². The molecule has 2 aromatic rings. The summed E-state index contributed by atoms with van der Waals surface area (Å²) >= 11 is 0. The molecule has 1 fully saturated rings. The molecule has 0 atom stereocenters. The van der Waals surface area contributed by atoms with Crippen LogP contribution in [-0.2, 0) is 11.3 Å². The summed E-state index contributed by atoms with van der Waals surface area (Å²) in [4.78, 5) is 24.9. The van der Waals surface area contributed by atoms with Gasteiger partial charge in [-0.1, -0.05) is 42.0 Å². The lowest BCUT2D eigenvalue weighted by Gasteiger charge is -2.30. The second-order valence-corrected chi connectivity index (χ2v) is 7.12. The third-order valence-corrected chi connectivity index (χ3v) is 4.98. The van der Waals surface area contributed by atoms with Gasteiger partial charge in [0.15, 0.2) is 0 Å². The molecule has 0 radical (unpaired) electrons. The molecular weight excluding hydrogens is 356 g/mol. The van der Waals surface area contributed by atoms with Gasteiger partial charge in [-0.05, 0) is 44.0 Å². The topological polar surface area (TPSA) is 87.8 Å². The molecule has 1 N–H and O–H groups in total. The predicted molar refractivity (Wildman–Crippen MR) is 108 cm³/mol. The average Bonchev–Trinajstić information content (AvgIpc) is 2.70. The molecule has 1 heterocycles. The quantitative estimate of drug-likeness (QED) is 0.473. The van der Waals surface area contributed by atoms with E-state index in [0.29, 0.717) is 0 Å². The number of piperidine rings is 1. The molecule has 28 heavy (non-hydrogen) atoms. The molecule has 1 aliphatic heterocycles. The van der Waals surface area contributed by atoms with E-state index in [1.807, 2.05) is 31.2 Å². The van der Waals surface area contributed by atoms with Crippen molar-refractivity contribution in [1.82, 2.24) is 10.3 Å². The Morgan fingerprint density at radius 2 is 1.82 bits per heavy atom. The molecule has 0 saturated carbocycles. The van der Waals surface area contributed by atoms with Crippen LogP contribution in [0.3, 0.4) is 0 Å². The van der Waals surface area contributed by atoms with Crippen molar-refractivity contribution in [3.05, 3.63) is 75.3 Å². The molecule has 1 amide bonds. The number of carbonyl (C=O) groups is 1. The van der Waals surface area contributed by atoms with Gasteiger partial charge in [-0.3, -0.25) is 19.8 Å². The molecule has 0 spiro atoms. The molecule has 1 aliphatic rings. The number of hydrogen-bond donors (Lipinski definition) is 1. The van der Waals surface area contributed by atoms with Crippen LogP contribution in [0, 0.1) is 23.0 Å². The minimum Gasteiger partial charge on any atom is -0.299 e. The lowest BCUT2D eigenvalue weighted by Crippen LogP contribution is -2.39. The molecule has 2 aromatic carbocycles. The van der Waals surface area contributed by atoms with Crippen LogP contribution in [0.15, 0.2) is 53.6 Å². The van der Waals surface area contributed by atoms with Crippen LogP contribution in [0.2, 0.25) is 0 Å². The third kappa shape index (κ3) is 5.47. The summed E-state index contributed by atoms with van der Waals surface area (Å²) in [5, 5.41) is 14.8. The minimum absolute atomic E-state index is 0.0386. The average molecular weight is 380 g/mol. The summed E-state index contributed by atoms with van der Waals surface area (Å²) in [7, 11) is 0. The van der Waals surface area contributed by atoms with E-state index in [0.717, 1.165) is 43.6 Å². The van der Waals surface area contributed by atoms with E-state index < -0.39 is 4.92 Å². The number of hydrazone groups is 1. The molecule has 7 heteroatoms.